The fourth-order valence-electron chi connectivity index (χ4n) is 1.43. The summed E-state index contributed by atoms with van der Waals surface area (Å²) in [7, 11) is 0. The van der Waals surface area contributed by atoms with Crippen LogP contribution in [-0.4, -0.2) is 0 Å². The molecule has 0 aromatic heterocycles. The predicted octanol–water partition coefficient (Wildman–Crippen LogP) is 4.56. The average molecular weight is 256 g/mol. The van der Waals surface area contributed by atoms with Gasteiger partial charge in [-0.1, -0.05) is 39.7 Å². The first-order valence-electron chi connectivity index (χ1n) is 4.03. The molecule has 0 saturated heterocycles. The summed E-state index contributed by atoms with van der Waals surface area (Å²) in [6, 6.07) is 10.1. The molecule has 66 valence electrons. The van der Waals surface area contributed by atoms with Gasteiger partial charge in [-0.15, -0.1) is 0 Å². The molecule has 0 N–H and O–H groups in total. The molecule has 0 spiro atoms. The predicted molar refractivity (Wildman–Crippen MR) is 61.4 cm³/mol. The van der Waals surface area contributed by atoms with E-state index in [0.29, 0.717) is 0 Å². The third kappa shape index (κ3) is 1.59. The van der Waals surface area contributed by atoms with Crippen LogP contribution < -0.4 is 0 Å². The lowest BCUT2D eigenvalue weighted by Crippen LogP contribution is -1.79. The van der Waals surface area contributed by atoms with Gasteiger partial charge in [0.25, 0.3) is 0 Å². The van der Waals surface area contributed by atoms with Crippen LogP contribution in [0.1, 0.15) is 5.56 Å². The normalized spacial score (nSPS) is 10.7. The zero-order valence-corrected chi connectivity index (χ0v) is 9.48. The molecule has 2 aromatic rings. The highest BCUT2D eigenvalue weighted by atomic mass is 79.9. The molecule has 2 rings (SSSR count). The van der Waals surface area contributed by atoms with Crippen molar-refractivity contribution in [1.29, 1.82) is 0 Å². The molecule has 0 fully saturated rings. The van der Waals surface area contributed by atoms with Gasteiger partial charge in [0.05, 0.1) is 0 Å². The summed E-state index contributed by atoms with van der Waals surface area (Å²) in [5.41, 5.74) is 1.26. The Morgan fingerprint density at radius 2 is 1.92 bits per heavy atom. The van der Waals surface area contributed by atoms with E-state index in [0.717, 1.165) is 9.50 Å². The van der Waals surface area contributed by atoms with E-state index in [1.807, 2.05) is 18.2 Å². The Bertz CT molecular complexity index is 463. The number of fused-ring (bicyclic) bond motifs is 1. The summed E-state index contributed by atoms with van der Waals surface area (Å²) in [4.78, 5) is 0. The Balaban J connectivity index is 2.87. The molecule has 13 heavy (non-hydrogen) atoms. The molecule has 2 heteroatoms. The summed E-state index contributed by atoms with van der Waals surface area (Å²) < 4.78 is 1.14. The highest BCUT2D eigenvalue weighted by molar-refractivity contribution is 9.10. The summed E-state index contributed by atoms with van der Waals surface area (Å²) >= 11 is 9.40. The maximum Gasteiger partial charge on any atom is 0.0412 e. The molecule has 0 atom stereocenters. The lowest BCUT2D eigenvalue weighted by Gasteiger charge is -2.04. The van der Waals surface area contributed by atoms with Gasteiger partial charge in [-0.2, -0.15) is 0 Å². The molecular formula is C11H8BrCl. The standard InChI is InChI=1S/C11H8BrCl/c1-7-10-4-3-9(13)6-8(10)2-5-11(7)12/h2-6H,1H3. The Morgan fingerprint density at radius 3 is 2.69 bits per heavy atom. The van der Waals surface area contributed by atoms with Crippen molar-refractivity contribution in [2.24, 2.45) is 0 Å². The molecule has 0 aliphatic heterocycles. The molecule has 0 saturated carbocycles. The summed E-state index contributed by atoms with van der Waals surface area (Å²) in [5.74, 6) is 0. The minimum Gasteiger partial charge on any atom is -0.0843 e. The molecule has 0 amide bonds. The van der Waals surface area contributed by atoms with Crippen LogP contribution in [-0.2, 0) is 0 Å². The second-order valence-corrected chi connectivity index (χ2v) is 4.33. The average Bonchev–Trinajstić information content (AvgIpc) is 2.12. The zero-order valence-electron chi connectivity index (χ0n) is 7.14. The van der Waals surface area contributed by atoms with Gasteiger partial charge in [0.1, 0.15) is 0 Å². The van der Waals surface area contributed by atoms with Gasteiger partial charge in [0.15, 0.2) is 0 Å². The monoisotopic (exact) mass is 254 g/mol. The summed E-state index contributed by atoms with van der Waals surface area (Å²) in [6.07, 6.45) is 0. The van der Waals surface area contributed by atoms with Crippen molar-refractivity contribution < 1.29 is 0 Å². The van der Waals surface area contributed by atoms with Crippen LogP contribution in [0, 0.1) is 6.92 Å². The maximum atomic E-state index is 5.90. The lowest BCUT2D eigenvalue weighted by molar-refractivity contribution is 1.49. The largest absolute Gasteiger partial charge is 0.0843 e. The van der Waals surface area contributed by atoms with Crippen LogP contribution in [0.15, 0.2) is 34.8 Å². The lowest BCUT2D eigenvalue weighted by atomic mass is 10.1. The Morgan fingerprint density at radius 1 is 1.15 bits per heavy atom. The van der Waals surface area contributed by atoms with Crippen LogP contribution in [0.5, 0.6) is 0 Å². The molecule has 0 nitrogen and oxygen atoms in total. The van der Waals surface area contributed by atoms with Crippen LogP contribution in [0.2, 0.25) is 5.02 Å². The van der Waals surface area contributed by atoms with E-state index in [2.05, 4.69) is 35.0 Å². The number of halogens is 2. The molecule has 2 aromatic carbocycles. The number of hydrogen-bond donors (Lipinski definition) is 0. The number of benzene rings is 2. The van der Waals surface area contributed by atoms with E-state index >= 15 is 0 Å². The van der Waals surface area contributed by atoms with Crippen molar-refractivity contribution >= 4 is 38.3 Å². The Labute approximate surface area is 90.6 Å². The minimum absolute atomic E-state index is 0.786. The molecule has 0 heterocycles. The number of rotatable bonds is 0. The SMILES string of the molecule is Cc1c(Br)ccc2cc(Cl)ccc12. The highest BCUT2D eigenvalue weighted by Gasteiger charge is 2.00. The van der Waals surface area contributed by atoms with E-state index in [4.69, 9.17) is 11.6 Å². The van der Waals surface area contributed by atoms with E-state index in [-0.39, 0.29) is 0 Å². The van der Waals surface area contributed by atoms with Crippen LogP contribution in [0.25, 0.3) is 10.8 Å². The van der Waals surface area contributed by atoms with Crippen LogP contribution in [0.3, 0.4) is 0 Å². The van der Waals surface area contributed by atoms with Crippen molar-refractivity contribution in [1.82, 2.24) is 0 Å². The van der Waals surface area contributed by atoms with Crippen molar-refractivity contribution in [2.75, 3.05) is 0 Å². The van der Waals surface area contributed by atoms with Gasteiger partial charge in [0.2, 0.25) is 0 Å². The van der Waals surface area contributed by atoms with Gasteiger partial charge < -0.3 is 0 Å². The number of aryl methyl sites for hydroxylation is 1. The molecular weight excluding hydrogens is 247 g/mol. The first kappa shape index (κ1) is 9.04. The van der Waals surface area contributed by atoms with Crippen LogP contribution in [0.4, 0.5) is 0 Å². The highest BCUT2D eigenvalue weighted by Crippen LogP contribution is 2.27. The molecule has 0 unspecified atom stereocenters. The smallest absolute Gasteiger partial charge is 0.0412 e. The second kappa shape index (κ2) is 3.32. The van der Waals surface area contributed by atoms with E-state index in [1.165, 1.54) is 16.3 Å². The summed E-state index contributed by atoms with van der Waals surface area (Å²) in [6.45, 7) is 2.10. The Hall–Kier alpha value is -0.530. The topological polar surface area (TPSA) is 0 Å². The van der Waals surface area contributed by atoms with Crippen LogP contribution >= 0.6 is 27.5 Å². The van der Waals surface area contributed by atoms with Crippen molar-refractivity contribution in [3.8, 4) is 0 Å². The van der Waals surface area contributed by atoms with E-state index < -0.39 is 0 Å². The number of hydrogen-bond acceptors (Lipinski definition) is 0. The van der Waals surface area contributed by atoms with Crippen molar-refractivity contribution in [2.45, 2.75) is 6.92 Å². The molecule has 0 aliphatic carbocycles. The van der Waals surface area contributed by atoms with Gasteiger partial charge in [-0.05, 0) is 41.5 Å². The summed E-state index contributed by atoms with van der Waals surface area (Å²) in [5, 5.41) is 3.22. The van der Waals surface area contributed by atoms with Gasteiger partial charge in [0, 0.05) is 9.50 Å². The molecule has 0 aliphatic rings. The first-order chi connectivity index (χ1) is 6.18. The van der Waals surface area contributed by atoms with Gasteiger partial charge >= 0.3 is 0 Å². The van der Waals surface area contributed by atoms with Gasteiger partial charge in [-0.25, -0.2) is 0 Å². The third-order valence-electron chi connectivity index (χ3n) is 2.19. The third-order valence-corrected chi connectivity index (χ3v) is 3.28. The maximum absolute atomic E-state index is 5.90. The first-order valence-corrected chi connectivity index (χ1v) is 5.20. The van der Waals surface area contributed by atoms with Crippen molar-refractivity contribution in [3.63, 3.8) is 0 Å². The fourth-order valence-corrected chi connectivity index (χ4v) is 1.96. The molecule has 0 bridgehead atoms. The van der Waals surface area contributed by atoms with E-state index in [9.17, 15) is 0 Å². The van der Waals surface area contributed by atoms with Crippen molar-refractivity contribution in [3.05, 3.63) is 45.4 Å². The second-order valence-electron chi connectivity index (χ2n) is 3.04. The Kier molecular flexibility index (Phi) is 2.31. The fraction of sp³-hybridized carbons (Fsp3) is 0.0909. The van der Waals surface area contributed by atoms with E-state index in [1.54, 1.807) is 0 Å². The quantitative estimate of drug-likeness (QED) is 0.647. The minimum atomic E-state index is 0.786. The van der Waals surface area contributed by atoms with Gasteiger partial charge in [-0.3, -0.25) is 0 Å². The zero-order chi connectivity index (χ0) is 9.42. The molecule has 0 radical (unpaired) electrons.